The minimum atomic E-state index is -0.213. The summed E-state index contributed by atoms with van der Waals surface area (Å²) in [7, 11) is 3.71. The quantitative estimate of drug-likeness (QED) is 0.552. The minimum Gasteiger partial charge on any atom is -0.382 e. The van der Waals surface area contributed by atoms with E-state index in [9.17, 15) is 4.79 Å². The molecule has 0 spiro atoms. The lowest BCUT2D eigenvalue weighted by Crippen LogP contribution is -2.27. The number of carbonyl (C=O) groups is 1. The maximum atomic E-state index is 11.9. The number of carbonyl (C=O) groups excluding carboxylic acids is 1. The van der Waals surface area contributed by atoms with Crippen LogP contribution in [0.3, 0.4) is 0 Å². The minimum absolute atomic E-state index is 0.213. The van der Waals surface area contributed by atoms with E-state index < -0.39 is 0 Å². The number of hydrogen-bond acceptors (Lipinski definition) is 6. The SMILES string of the molecule is C=CCCOCCNC(=O)c1sc(N(C)C)nc1N. The van der Waals surface area contributed by atoms with E-state index in [2.05, 4.69) is 16.9 Å². The topological polar surface area (TPSA) is 80.5 Å². The normalized spacial score (nSPS) is 10.2. The van der Waals surface area contributed by atoms with Gasteiger partial charge in [0.05, 0.1) is 13.2 Å². The molecule has 0 aliphatic carbocycles. The second kappa shape index (κ2) is 7.75. The number of hydrogen-bond donors (Lipinski definition) is 2. The van der Waals surface area contributed by atoms with Crippen molar-refractivity contribution in [3.8, 4) is 0 Å². The van der Waals surface area contributed by atoms with Crippen LogP contribution in [0.25, 0.3) is 0 Å². The lowest BCUT2D eigenvalue weighted by Gasteiger charge is -2.05. The summed E-state index contributed by atoms with van der Waals surface area (Å²) in [6, 6.07) is 0. The van der Waals surface area contributed by atoms with Crippen LogP contribution >= 0.6 is 11.3 Å². The lowest BCUT2D eigenvalue weighted by atomic mass is 10.4. The molecule has 0 aliphatic rings. The number of nitrogen functional groups attached to an aromatic ring is 1. The Balaban J connectivity index is 2.39. The van der Waals surface area contributed by atoms with E-state index in [1.165, 1.54) is 11.3 Å². The van der Waals surface area contributed by atoms with Gasteiger partial charge in [0.25, 0.3) is 5.91 Å². The van der Waals surface area contributed by atoms with Crippen molar-refractivity contribution in [2.24, 2.45) is 0 Å². The monoisotopic (exact) mass is 284 g/mol. The number of aromatic nitrogens is 1. The Morgan fingerprint density at radius 2 is 2.32 bits per heavy atom. The van der Waals surface area contributed by atoms with Gasteiger partial charge in [-0.3, -0.25) is 4.79 Å². The van der Waals surface area contributed by atoms with E-state index in [-0.39, 0.29) is 11.7 Å². The van der Waals surface area contributed by atoms with Crippen molar-refractivity contribution in [1.82, 2.24) is 10.3 Å². The summed E-state index contributed by atoms with van der Waals surface area (Å²) < 4.78 is 5.30. The Morgan fingerprint density at radius 3 is 2.89 bits per heavy atom. The second-order valence-corrected chi connectivity index (χ2v) is 5.03. The Hall–Kier alpha value is -1.60. The van der Waals surface area contributed by atoms with Crippen LogP contribution in [0.15, 0.2) is 12.7 Å². The molecule has 1 aromatic rings. The highest BCUT2D eigenvalue weighted by Crippen LogP contribution is 2.26. The first-order valence-electron chi connectivity index (χ1n) is 5.96. The Bertz CT molecular complexity index is 431. The molecule has 7 heteroatoms. The third-order valence-corrected chi connectivity index (χ3v) is 3.47. The first kappa shape index (κ1) is 15.5. The fourth-order valence-corrected chi connectivity index (χ4v) is 2.08. The van der Waals surface area contributed by atoms with E-state index in [1.807, 2.05) is 19.0 Å². The van der Waals surface area contributed by atoms with E-state index in [0.717, 1.165) is 6.42 Å². The third-order valence-electron chi connectivity index (χ3n) is 2.23. The van der Waals surface area contributed by atoms with E-state index in [0.29, 0.717) is 29.8 Å². The van der Waals surface area contributed by atoms with Crippen molar-refractivity contribution >= 4 is 28.2 Å². The van der Waals surface area contributed by atoms with Gasteiger partial charge in [-0.25, -0.2) is 4.98 Å². The molecular weight excluding hydrogens is 264 g/mol. The van der Waals surface area contributed by atoms with Crippen LogP contribution in [0.4, 0.5) is 10.9 Å². The molecule has 6 nitrogen and oxygen atoms in total. The molecule has 19 heavy (non-hydrogen) atoms. The number of nitrogens with two attached hydrogens (primary N) is 1. The molecule has 0 unspecified atom stereocenters. The first-order valence-corrected chi connectivity index (χ1v) is 6.78. The highest BCUT2D eigenvalue weighted by atomic mass is 32.1. The number of amides is 1. The molecule has 1 amide bonds. The van der Waals surface area contributed by atoms with Crippen LogP contribution in [0.1, 0.15) is 16.1 Å². The Labute approximate surface area is 117 Å². The van der Waals surface area contributed by atoms with Crippen LogP contribution in [-0.2, 0) is 4.74 Å². The van der Waals surface area contributed by atoms with Gasteiger partial charge in [-0.2, -0.15) is 0 Å². The average Bonchev–Trinajstić information content (AvgIpc) is 2.76. The van der Waals surface area contributed by atoms with Gasteiger partial charge in [0.15, 0.2) is 5.13 Å². The van der Waals surface area contributed by atoms with E-state index in [4.69, 9.17) is 10.5 Å². The van der Waals surface area contributed by atoms with Crippen LogP contribution < -0.4 is 16.0 Å². The number of ether oxygens (including phenoxy) is 1. The fourth-order valence-electron chi connectivity index (χ4n) is 1.26. The van der Waals surface area contributed by atoms with Crippen LogP contribution in [0, 0.1) is 0 Å². The van der Waals surface area contributed by atoms with E-state index >= 15 is 0 Å². The first-order chi connectivity index (χ1) is 9.06. The molecule has 1 heterocycles. The number of thiazole rings is 1. The van der Waals surface area contributed by atoms with Crippen molar-refractivity contribution in [3.05, 3.63) is 17.5 Å². The molecule has 0 bridgehead atoms. The predicted octanol–water partition coefficient (Wildman–Crippen LogP) is 1.11. The highest BCUT2D eigenvalue weighted by molar-refractivity contribution is 7.18. The molecule has 0 aliphatic heterocycles. The van der Waals surface area contributed by atoms with Crippen molar-refractivity contribution in [1.29, 1.82) is 0 Å². The smallest absolute Gasteiger partial charge is 0.265 e. The molecule has 3 N–H and O–H groups in total. The third kappa shape index (κ3) is 4.88. The zero-order valence-electron chi connectivity index (χ0n) is 11.3. The van der Waals surface area contributed by atoms with Crippen molar-refractivity contribution in [2.75, 3.05) is 44.5 Å². The molecule has 0 saturated heterocycles. The second-order valence-electron chi connectivity index (χ2n) is 4.05. The summed E-state index contributed by atoms with van der Waals surface area (Å²) in [6.07, 6.45) is 2.60. The highest BCUT2D eigenvalue weighted by Gasteiger charge is 2.16. The largest absolute Gasteiger partial charge is 0.382 e. The van der Waals surface area contributed by atoms with Crippen LogP contribution in [0.2, 0.25) is 0 Å². The number of anilines is 2. The summed E-state index contributed by atoms with van der Waals surface area (Å²) in [5.74, 6) is 0.0502. The van der Waals surface area contributed by atoms with Crippen molar-refractivity contribution < 1.29 is 9.53 Å². The number of nitrogens with zero attached hydrogens (tertiary/aromatic N) is 2. The maximum Gasteiger partial charge on any atom is 0.265 e. The number of rotatable bonds is 8. The summed E-state index contributed by atoms with van der Waals surface area (Å²) >= 11 is 1.27. The van der Waals surface area contributed by atoms with Gasteiger partial charge in [0.1, 0.15) is 10.7 Å². The molecule has 0 radical (unpaired) electrons. The molecule has 0 aromatic carbocycles. The van der Waals surface area contributed by atoms with Gasteiger partial charge >= 0.3 is 0 Å². The molecule has 1 aromatic heterocycles. The van der Waals surface area contributed by atoms with Crippen LogP contribution in [0.5, 0.6) is 0 Å². The molecule has 0 atom stereocenters. The lowest BCUT2D eigenvalue weighted by molar-refractivity contribution is 0.0922. The zero-order valence-corrected chi connectivity index (χ0v) is 12.1. The summed E-state index contributed by atoms with van der Waals surface area (Å²) in [4.78, 5) is 18.3. The van der Waals surface area contributed by atoms with Gasteiger partial charge in [0.2, 0.25) is 0 Å². The van der Waals surface area contributed by atoms with Gasteiger partial charge in [0, 0.05) is 20.6 Å². The fraction of sp³-hybridized carbons (Fsp3) is 0.500. The van der Waals surface area contributed by atoms with Gasteiger partial charge in [-0.15, -0.1) is 6.58 Å². The molecule has 0 fully saturated rings. The Kier molecular flexibility index (Phi) is 6.31. The molecule has 0 saturated carbocycles. The maximum absolute atomic E-state index is 11.9. The van der Waals surface area contributed by atoms with Gasteiger partial charge < -0.3 is 20.7 Å². The Morgan fingerprint density at radius 1 is 1.58 bits per heavy atom. The zero-order chi connectivity index (χ0) is 14.3. The van der Waals surface area contributed by atoms with Crippen molar-refractivity contribution in [2.45, 2.75) is 6.42 Å². The molecular formula is C12H20N4O2S. The van der Waals surface area contributed by atoms with E-state index in [1.54, 1.807) is 6.08 Å². The van der Waals surface area contributed by atoms with Crippen LogP contribution in [-0.4, -0.2) is 44.7 Å². The standard InChI is InChI=1S/C12H20N4O2S/c1-4-5-7-18-8-6-14-11(17)9-10(13)15-12(19-9)16(2)3/h4H,1,5-8,13H2,2-3H3,(H,14,17). The number of nitrogens with one attached hydrogen (secondary N) is 1. The van der Waals surface area contributed by atoms with Gasteiger partial charge in [-0.1, -0.05) is 17.4 Å². The summed E-state index contributed by atoms with van der Waals surface area (Å²) in [5, 5.41) is 3.46. The molecule has 1 rings (SSSR count). The average molecular weight is 284 g/mol. The van der Waals surface area contributed by atoms with Gasteiger partial charge in [-0.05, 0) is 6.42 Å². The summed E-state index contributed by atoms with van der Waals surface area (Å²) in [5.41, 5.74) is 5.72. The summed E-state index contributed by atoms with van der Waals surface area (Å²) in [6.45, 7) is 5.14. The molecule has 106 valence electrons. The predicted molar refractivity (Wildman–Crippen MR) is 78.8 cm³/mol. The van der Waals surface area contributed by atoms with Crippen molar-refractivity contribution in [3.63, 3.8) is 0 Å².